The number of hydrogen-bond acceptors (Lipinski definition) is 7. The molecule has 0 saturated heterocycles. The summed E-state index contributed by atoms with van der Waals surface area (Å²) in [6.45, 7) is 2.73. The molecule has 2 aromatic heterocycles. The first-order valence-corrected chi connectivity index (χ1v) is 9.59. The van der Waals surface area contributed by atoms with E-state index in [1.165, 1.54) is 18.0 Å². The summed E-state index contributed by atoms with van der Waals surface area (Å²) in [7, 11) is 0. The van der Waals surface area contributed by atoms with Crippen molar-refractivity contribution in [1.82, 2.24) is 14.9 Å². The summed E-state index contributed by atoms with van der Waals surface area (Å²) >= 11 is 1.17. The van der Waals surface area contributed by atoms with Gasteiger partial charge in [-0.3, -0.25) is 0 Å². The molecule has 0 unspecified atom stereocenters. The van der Waals surface area contributed by atoms with E-state index in [9.17, 15) is 8.78 Å². The van der Waals surface area contributed by atoms with Gasteiger partial charge in [-0.05, 0) is 49.6 Å². The SMILES string of the molecule is CCOc1ccc(OCc2ccc(/C=N\n3c(SC)nnc3C(F)F)o2)cc1. The maximum atomic E-state index is 13.0. The number of rotatable bonds is 9. The fraction of sp³-hybridized carbons (Fsp3) is 0.278. The average molecular weight is 408 g/mol. The van der Waals surface area contributed by atoms with Gasteiger partial charge in [0.15, 0.2) is 0 Å². The van der Waals surface area contributed by atoms with Gasteiger partial charge in [-0.2, -0.15) is 9.78 Å². The first kappa shape index (κ1) is 19.9. The summed E-state index contributed by atoms with van der Waals surface area (Å²) in [5, 5.41) is 11.4. The van der Waals surface area contributed by atoms with Gasteiger partial charge in [0.1, 0.15) is 29.6 Å². The van der Waals surface area contributed by atoms with Crippen molar-refractivity contribution >= 4 is 18.0 Å². The molecule has 0 spiro atoms. The Labute approximate surface area is 164 Å². The first-order chi connectivity index (χ1) is 13.6. The summed E-state index contributed by atoms with van der Waals surface area (Å²) in [4.78, 5) is 0. The molecule has 1 aromatic carbocycles. The van der Waals surface area contributed by atoms with Crippen LogP contribution in [0, 0.1) is 0 Å². The van der Waals surface area contributed by atoms with E-state index in [4.69, 9.17) is 13.9 Å². The molecule has 0 bridgehead atoms. The number of benzene rings is 1. The number of hydrogen-bond donors (Lipinski definition) is 0. The van der Waals surface area contributed by atoms with Crippen LogP contribution in [-0.4, -0.2) is 34.0 Å². The van der Waals surface area contributed by atoms with Crippen molar-refractivity contribution in [3.63, 3.8) is 0 Å². The summed E-state index contributed by atoms with van der Waals surface area (Å²) in [5.74, 6) is 1.88. The molecule has 0 aliphatic carbocycles. The zero-order chi connectivity index (χ0) is 19.9. The fourth-order valence-electron chi connectivity index (χ4n) is 2.26. The van der Waals surface area contributed by atoms with Crippen LogP contribution in [0.2, 0.25) is 0 Å². The molecule has 0 fully saturated rings. The standard InChI is InChI=1S/C18H18F2N4O3S/c1-3-25-12-4-6-13(7-5-12)26-11-15-9-8-14(27-15)10-21-24-17(16(19)20)22-23-18(24)28-2/h4-10,16H,3,11H2,1-2H3/b21-10-. The minimum absolute atomic E-state index is 0.215. The summed E-state index contributed by atoms with van der Waals surface area (Å²) < 4.78 is 43.6. The Morgan fingerprint density at radius 1 is 1.14 bits per heavy atom. The van der Waals surface area contributed by atoms with Gasteiger partial charge in [0.25, 0.3) is 6.43 Å². The molecule has 0 aliphatic heterocycles. The Kier molecular flexibility index (Phi) is 6.64. The van der Waals surface area contributed by atoms with Crippen LogP contribution in [0.4, 0.5) is 8.78 Å². The van der Waals surface area contributed by atoms with Crippen LogP contribution in [0.5, 0.6) is 11.5 Å². The number of ether oxygens (including phenoxy) is 2. The van der Waals surface area contributed by atoms with Crippen molar-refractivity contribution in [3.8, 4) is 11.5 Å². The Morgan fingerprint density at radius 2 is 1.86 bits per heavy atom. The van der Waals surface area contributed by atoms with E-state index in [0.29, 0.717) is 23.9 Å². The number of nitrogens with zero attached hydrogens (tertiary/aromatic N) is 4. The molecule has 0 saturated carbocycles. The Balaban J connectivity index is 1.63. The lowest BCUT2D eigenvalue weighted by Crippen LogP contribution is -2.00. The van der Waals surface area contributed by atoms with E-state index < -0.39 is 12.2 Å². The molecule has 3 rings (SSSR count). The largest absolute Gasteiger partial charge is 0.494 e. The predicted molar refractivity (Wildman–Crippen MR) is 100 cm³/mol. The fourth-order valence-corrected chi connectivity index (χ4v) is 2.69. The summed E-state index contributed by atoms with van der Waals surface area (Å²) in [6, 6.07) is 10.7. The monoisotopic (exact) mass is 408 g/mol. The molecule has 3 aromatic rings. The zero-order valence-electron chi connectivity index (χ0n) is 15.2. The van der Waals surface area contributed by atoms with Gasteiger partial charge >= 0.3 is 0 Å². The van der Waals surface area contributed by atoms with Gasteiger partial charge in [-0.1, -0.05) is 11.8 Å². The average Bonchev–Trinajstić information content (AvgIpc) is 3.32. The van der Waals surface area contributed by atoms with Crippen molar-refractivity contribution in [2.75, 3.05) is 12.9 Å². The second-order valence-corrected chi connectivity index (χ2v) is 6.17. The first-order valence-electron chi connectivity index (χ1n) is 8.37. The molecule has 0 aliphatic rings. The number of alkyl halides is 2. The van der Waals surface area contributed by atoms with Crippen LogP contribution in [0.3, 0.4) is 0 Å². The molecule has 148 valence electrons. The Hall–Kier alpha value is -2.88. The van der Waals surface area contributed by atoms with Crippen molar-refractivity contribution in [2.24, 2.45) is 5.10 Å². The quantitative estimate of drug-likeness (QED) is 0.386. The minimum Gasteiger partial charge on any atom is -0.494 e. The number of aromatic nitrogens is 3. The second kappa shape index (κ2) is 9.36. The lowest BCUT2D eigenvalue weighted by molar-refractivity contribution is 0.135. The van der Waals surface area contributed by atoms with Crippen LogP contribution in [0.25, 0.3) is 0 Å². The Bertz CT molecular complexity index is 925. The van der Waals surface area contributed by atoms with Crippen LogP contribution in [-0.2, 0) is 6.61 Å². The van der Waals surface area contributed by atoms with E-state index in [1.807, 2.05) is 19.1 Å². The van der Waals surface area contributed by atoms with Crippen molar-refractivity contribution in [1.29, 1.82) is 0 Å². The van der Waals surface area contributed by atoms with Crippen LogP contribution in [0.1, 0.15) is 30.7 Å². The van der Waals surface area contributed by atoms with Gasteiger partial charge in [0.05, 0.1) is 12.8 Å². The van der Waals surface area contributed by atoms with Crippen molar-refractivity contribution in [3.05, 3.63) is 53.7 Å². The normalized spacial score (nSPS) is 11.5. The minimum atomic E-state index is -2.78. The number of furan rings is 1. The van der Waals surface area contributed by atoms with E-state index in [-0.39, 0.29) is 11.8 Å². The molecular weight excluding hydrogens is 390 g/mol. The molecular formula is C18H18F2N4O3S. The molecule has 7 nitrogen and oxygen atoms in total. The highest BCUT2D eigenvalue weighted by Crippen LogP contribution is 2.22. The number of thioether (sulfide) groups is 1. The van der Waals surface area contributed by atoms with E-state index in [2.05, 4.69) is 15.3 Å². The van der Waals surface area contributed by atoms with Crippen LogP contribution in [0.15, 0.2) is 51.1 Å². The third-order valence-electron chi connectivity index (χ3n) is 3.51. The van der Waals surface area contributed by atoms with Gasteiger partial charge in [-0.25, -0.2) is 8.78 Å². The van der Waals surface area contributed by atoms with Crippen molar-refractivity contribution < 1.29 is 22.7 Å². The highest BCUT2D eigenvalue weighted by atomic mass is 32.2. The lowest BCUT2D eigenvalue weighted by atomic mass is 10.3. The maximum Gasteiger partial charge on any atom is 0.299 e. The van der Waals surface area contributed by atoms with Crippen molar-refractivity contribution in [2.45, 2.75) is 25.1 Å². The van der Waals surface area contributed by atoms with Gasteiger partial charge in [0, 0.05) is 0 Å². The highest BCUT2D eigenvalue weighted by Gasteiger charge is 2.19. The molecule has 0 atom stereocenters. The summed E-state index contributed by atoms with van der Waals surface area (Å²) in [6.07, 6.45) is 0.254. The topological polar surface area (TPSA) is 74.7 Å². The van der Waals surface area contributed by atoms with Gasteiger partial charge < -0.3 is 13.9 Å². The van der Waals surface area contributed by atoms with Crippen LogP contribution >= 0.6 is 11.8 Å². The molecule has 0 N–H and O–H groups in total. The van der Waals surface area contributed by atoms with Gasteiger partial charge in [-0.15, -0.1) is 10.2 Å². The van der Waals surface area contributed by atoms with Crippen LogP contribution < -0.4 is 9.47 Å². The number of halogens is 2. The molecule has 0 amide bonds. The van der Waals surface area contributed by atoms with E-state index >= 15 is 0 Å². The van der Waals surface area contributed by atoms with E-state index in [1.54, 1.807) is 30.5 Å². The molecule has 10 heteroatoms. The van der Waals surface area contributed by atoms with Gasteiger partial charge in [0.2, 0.25) is 11.0 Å². The molecule has 0 radical (unpaired) electrons. The third-order valence-corrected chi connectivity index (χ3v) is 4.13. The maximum absolute atomic E-state index is 13.0. The highest BCUT2D eigenvalue weighted by molar-refractivity contribution is 7.98. The third kappa shape index (κ3) is 4.89. The molecule has 2 heterocycles. The smallest absolute Gasteiger partial charge is 0.299 e. The zero-order valence-corrected chi connectivity index (χ0v) is 16.0. The Morgan fingerprint density at radius 3 is 2.50 bits per heavy atom. The molecule has 28 heavy (non-hydrogen) atoms. The lowest BCUT2D eigenvalue weighted by Gasteiger charge is -2.06. The second-order valence-electron chi connectivity index (χ2n) is 5.40. The van der Waals surface area contributed by atoms with E-state index in [0.717, 1.165) is 10.4 Å². The predicted octanol–water partition coefficient (Wildman–Crippen LogP) is 4.39. The summed E-state index contributed by atoms with van der Waals surface area (Å²) in [5.41, 5.74) is 0.